The number of aromatic nitrogens is 1. The molecule has 160 valence electrons. The Morgan fingerprint density at radius 1 is 1.30 bits per heavy atom. The van der Waals surface area contributed by atoms with Crippen LogP contribution in [0.4, 0.5) is 24.5 Å². The number of benzene rings is 1. The van der Waals surface area contributed by atoms with Gasteiger partial charge in [0.15, 0.2) is 5.69 Å². The van der Waals surface area contributed by atoms with Gasteiger partial charge in [0, 0.05) is 12.6 Å². The first-order chi connectivity index (χ1) is 14.3. The topological polar surface area (TPSA) is 96.0 Å². The van der Waals surface area contributed by atoms with Gasteiger partial charge in [0.1, 0.15) is 11.8 Å². The molecular weight excluding hydrogens is 395 g/mol. The second-order valence-electron chi connectivity index (χ2n) is 7.22. The van der Waals surface area contributed by atoms with Crippen molar-refractivity contribution in [2.75, 3.05) is 37.8 Å². The minimum Gasteiger partial charge on any atom is -0.493 e. The summed E-state index contributed by atoms with van der Waals surface area (Å²) in [4.78, 5) is 4.11. The zero-order chi connectivity index (χ0) is 21.7. The Morgan fingerprint density at radius 3 is 2.67 bits per heavy atom. The van der Waals surface area contributed by atoms with Crippen LogP contribution >= 0.6 is 0 Å². The Balaban J connectivity index is 1.87. The molecule has 4 N–H and O–H groups in total. The van der Waals surface area contributed by atoms with Crippen LogP contribution in [-0.2, 0) is 6.18 Å². The van der Waals surface area contributed by atoms with Crippen LogP contribution < -0.4 is 21.1 Å². The fraction of sp³-hybridized carbons (Fsp3) is 0.429. The highest BCUT2D eigenvalue weighted by molar-refractivity contribution is 5.77. The first kappa shape index (κ1) is 21.7. The maximum Gasteiger partial charge on any atom is 0.419 e. The second kappa shape index (κ2) is 9.22. The Labute approximate surface area is 173 Å². The summed E-state index contributed by atoms with van der Waals surface area (Å²) >= 11 is 0. The molecule has 6 nitrogen and oxygen atoms in total. The lowest BCUT2D eigenvalue weighted by Gasteiger charge is -2.23. The van der Waals surface area contributed by atoms with Crippen LogP contribution in [0.25, 0.3) is 11.3 Å². The van der Waals surface area contributed by atoms with Crippen molar-refractivity contribution >= 4 is 11.4 Å². The van der Waals surface area contributed by atoms with E-state index in [1.54, 1.807) is 7.05 Å². The van der Waals surface area contributed by atoms with Crippen molar-refractivity contribution in [2.24, 2.45) is 5.92 Å². The van der Waals surface area contributed by atoms with E-state index >= 15 is 0 Å². The van der Waals surface area contributed by atoms with Crippen LogP contribution in [0.3, 0.4) is 0 Å². The van der Waals surface area contributed by atoms with Crippen molar-refractivity contribution in [1.29, 1.82) is 5.26 Å². The number of piperidine rings is 1. The molecule has 0 spiro atoms. The first-order valence-corrected chi connectivity index (χ1v) is 9.77. The second-order valence-corrected chi connectivity index (χ2v) is 7.22. The molecule has 1 fully saturated rings. The molecule has 1 aromatic heterocycles. The summed E-state index contributed by atoms with van der Waals surface area (Å²) in [6.07, 6.45) is -1.85. The van der Waals surface area contributed by atoms with Crippen molar-refractivity contribution in [2.45, 2.75) is 25.4 Å². The van der Waals surface area contributed by atoms with Gasteiger partial charge >= 0.3 is 6.18 Å². The van der Waals surface area contributed by atoms with Gasteiger partial charge in [-0.05, 0) is 62.5 Å². The standard InChI is InChI=1S/C21H24F3N5O/c1-27-17-11-16(29-18(12-25)20(17)26)14-2-3-19(15(10-14)21(22,23)24)30-9-6-13-4-7-28-8-5-13/h2-3,10-11,13,28H,4-9,26H2,1H3,(H,27,29). The number of hydrogen-bond acceptors (Lipinski definition) is 6. The molecule has 0 saturated carbocycles. The number of anilines is 2. The molecular formula is C21H24F3N5O. The molecule has 0 bridgehead atoms. The molecule has 0 unspecified atom stereocenters. The number of rotatable bonds is 6. The van der Waals surface area contributed by atoms with Crippen LogP contribution in [0.1, 0.15) is 30.5 Å². The molecule has 30 heavy (non-hydrogen) atoms. The maximum absolute atomic E-state index is 13.7. The summed E-state index contributed by atoms with van der Waals surface area (Å²) in [6, 6.07) is 7.20. The van der Waals surface area contributed by atoms with E-state index in [1.807, 2.05) is 6.07 Å². The lowest BCUT2D eigenvalue weighted by atomic mass is 9.95. The third-order valence-electron chi connectivity index (χ3n) is 5.26. The SMILES string of the molecule is CNc1cc(-c2ccc(OCCC3CCNCC3)c(C(F)(F)F)c2)nc(C#N)c1N. The van der Waals surface area contributed by atoms with Crippen LogP contribution in [0.5, 0.6) is 5.75 Å². The molecule has 0 amide bonds. The number of nitriles is 1. The van der Waals surface area contributed by atoms with E-state index in [2.05, 4.69) is 15.6 Å². The molecule has 1 aliphatic rings. The lowest BCUT2D eigenvalue weighted by molar-refractivity contribution is -0.138. The maximum atomic E-state index is 13.7. The summed E-state index contributed by atoms with van der Waals surface area (Å²) in [5, 5.41) is 15.3. The molecule has 1 aromatic carbocycles. The van der Waals surface area contributed by atoms with Gasteiger partial charge in [-0.1, -0.05) is 0 Å². The molecule has 0 radical (unpaired) electrons. The quantitative estimate of drug-likeness (QED) is 0.654. The summed E-state index contributed by atoms with van der Waals surface area (Å²) in [5.41, 5.74) is 5.94. The number of nitrogen functional groups attached to an aromatic ring is 1. The van der Waals surface area contributed by atoms with E-state index in [-0.39, 0.29) is 35.0 Å². The monoisotopic (exact) mass is 419 g/mol. The number of pyridine rings is 1. The fourth-order valence-corrected chi connectivity index (χ4v) is 3.54. The number of nitrogens with two attached hydrogens (primary N) is 1. The lowest BCUT2D eigenvalue weighted by Crippen LogP contribution is -2.28. The van der Waals surface area contributed by atoms with Crippen molar-refractivity contribution in [3.8, 4) is 23.1 Å². The molecule has 2 aromatic rings. The third-order valence-corrected chi connectivity index (χ3v) is 5.26. The van der Waals surface area contributed by atoms with Crippen LogP contribution in [-0.4, -0.2) is 31.7 Å². The molecule has 9 heteroatoms. The number of nitrogens with one attached hydrogen (secondary N) is 2. The highest BCUT2D eigenvalue weighted by Crippen LogP contribution is 2.39. The summed E-state index contributed by atoms with van der Waals surface area (Å²) in [5.74, 6) is 0.258. The smallest absolute Gasteiger partial charge is 0.419 e. The van der Waals surface area contributed by atoms with Gasteiger partial charge in [-0.15, -0.1) is 0 Å². The average Bonchev–Trinajstić information content (AvgIpc) is 2.74. The number of halogens is 3. The highest BCUT2D eigenvalue weighted by atomic mass is 19.4. The van der Waals surface area contributed by atoms with Gasteiger partial charge in [0.25, 0.3) is 0 Å². The minimum absolute atomic E-state index is 0.0484. The molecule has 1 saturated heterocycles. The largest absolute Gasteiger partial charge is 0.493 e. The van der Waals surface area contributed by atoms with Crippen molar-refractivity contribution < 1.29 is 17.9 Å². The van der Waals surface area contributed by atoms with E-state index in [9.17, 15) is 18.4 Å². The Bertz CT molecular complexity index is 933. The Morgan fingerprint density at radius 2 is 2.03 bits per heavy atom. The van der Waals surface area contributed by atoms with Gasteiger partial charge in [0.2, 0.25) is 0 Å². The average molecular weight is 419 g/mol. The molecule has 0 atom stereocenters. The fourth-order valence-electron chi connectivity index (χ4n) is 3.54. The predicted octanol–water partition coefficient (Wildman–Crippen LogP) is 4.03. The van der Waals surface area contributed by atoms with E-state index in [0.717, 1.165) is 38.4 Å². The van der Waals surface area contributed by atoms with Crippen LogP contribution in [0.15, 0.2) is 24.3 Å². The normalized spacial score (nSPS) is 14.9. The van der Waals surface area contributed by atoms with Gasteiger partial charge in [-0.3, -0.25) is 0 Å². The Hall–Kier alpha value is -2.99. The van der Waals surface area contributed by atoms with Gasteiger partial charge in [0.05, 0.1) is 29.2 Å². The van der Waals surface area contributed by atoms with E-state index in [1.165, 1.54) is 18.2 Å². The number of nitrogens with zero attached hydrogens (tertiary/aromatic N) is 2. The van der Waals surface area contributed by atoms with Gasteiger partial charge in [-0.25, -0.2) is 4.98 Å². The first-order valence-electron chi connectivity index (χ1n) is 9.77. The van der Waals surface area contributed by atoms with Crippen LogP contribution in [0.2, 0.25) is 0 Å². The van der Waals surface area contributed by atoms with E-state index < -0.39 is 11.7 Å². The summed E-state index contributed by atoms with van der Waals surface area (Å²) in [6.45, 7) is 2.10. The molecule has 3 rings (SSSR count). The van der Waals surface area contributed by atoms with Crippen molar-refractivity contribution in [1.82, 2.24) is 10.3 Å². The molecule has 0 aliphatic carbocycles. The summed E-state index contributed by atoms with van der Waals surface area (Å²) < 4.78 is 46.6. The number of hydrogen-bond donors (Lipinski definition) is 3. The zero-order valence-corrected chi connectivity index (χ0v) is 16.6. The van der Waals surface area contributed by atoms with Gasteiger partial charge < -0.3 is 21.1 Å². The zero-order valence-electron chi connectivity index (χ0n) is 16.6. The van der Waals surface area contributed by atoms with Crippen molar-refractivity contribution in [3.05, 3.63) is 35.5 Å². The van der Waals surface area contributed by atoms with Crippen LogP contribution in [0, 0.1) is 17.2 Å². The number of ether oxygens (including phenoxy) is 1. The summed E-state index contributed by atoms with van der Waals surface area (Å²) in [7, 11) is 1.61. The molecule has 2 heterocycles. The molecule has 1 aliphatic heterocycles. The Kier molecular flexibility index (Phi) is 6.67. The predicted molar refractivity (Wildman–Crippen MR) is 109 cm³/mol. The minimum atomic E-state index is -4.59. The number of alkyl halides is 3. The van der Waals surface area contributed by atoms with E-state index in [0.29, 0.717) is 11.6 Å². The van der Waals surface area contributed by atoms with E-state index in [4.69, 9.17) is 10.5 Å². The van der Waals surface area contributed by atoms with Gasteiger partial charge in [-0.2, -0.15) is 18.4 Å². The third kappa shape index (κ3) is 4.94. The highest BCUT2D eigenvalue weighted by Gasteiger charge is 2.35. The van der Waals surface area contributed by atoms with Crippen molar-refractivity contribution in [3.63, 3.8) is 0 Å².